The fraction of sp³-hybridized carbons (Fsp3) is 0.667. The van der Waals surface area contributed by atoms with Gasteiger partial charge in [0.2, 0.25) is 0 Å². The van der Waals surface area contributed by atoms with Crippen LogP contribution in [0.15, 0.2) is 23.1 Å². The van der Waals surface area contributed by atoms with Crippen LogP contribution in [-0.2, 0) is 14.3 Å². The maximum Gasteiger partial charge on any atom is 0.309 e. The van der Waals surface area contributed by atoms with Crippen molar-refractivity contribution >= 4 is 29.2 Å². The molecule has 4 atom stereocenters. The Bertz CT molecular complexity index is 914. The number of carbonyl (C=O) groups excluding carboxylic acids is 2. The molecule has 0 aliphatic carbocycles. The summed E-state index contributed by atoms with van der Waals surface area (Å²) >= 11 is 1.56. The molecule has 34 heavy (non-hydrogen) atoms. The number of aliphatic hydroxyl groups excluding tert-OH is 2. The van der Waals surface area contributed by atoms with Gasteiger partial charge in [0.1, 0.15) is 11.9 Å². The third-order valence-electron chi connectivity index (χ3n) is 7.02. The van der Waals surface area contributed by atoms with Gasteiger partial charge in [-0.05, 0) is 50.2 Å². The van der Waals surface area contributed by atoms with Gasteiger partial charge in [-0.3, -0.25) is 9.59 Å². The van der Waals surface area contributed by atoms with E-state index in [1.165, 1.54) is 0 Å². The van der Waals surface area contributed by atoms with Gasteiger partial charge in [0.05, 0.1) is 34.7 Å². The number of hydrogen-bond donors (Lipinski definition) is 2. The Hall–Kier alpha value is -1.83. The molecule has 190 valence electrons. The van der Waals surface area contributed by atoms with Crippen LogP contribution in [0.4, 0.5) is 0 Å². The Morgan fingerprint density at radius 2 is 1.88 bits per heavy atom. The molecule has 7 heteroatoms. The number of ether oxygens (including phenoxy) is 1. The molecule has 0 aromatic carbocycles. The third-order valence-corrected chi connectivity index (χ3v) is 7.81. The quantitative estimate of drug-likeness (QED) is 0.432. The molecule has 0 amide bonds. The molecule has 1 aromatic heterocycles. The summed E-state index contributed by atoms with van der Waals surface area (Å²) in [5.74, 6) is -1.49. The second-order valence-electron chi connectivity index (χ2n) is 10.8. The van der Waals surface area contributed by atoms with E-state index in [1.807, 2.05) is 45.2 Å². The highest BCUT2D eigenvalue weighted by Gasteiger charge is 2.44. The van der Waals surface area contributed by atoms with Gasteiger partial charge in [0, 0.05) is 17.7 Å². The van der Waals surface area contributed by atoms with Gasteiger partial charge in [-0.1, -0.05) is 46.8 Å². The van der Waals surface area contributed by atoms with E-state index in [-0.39, 0.29) is 12.2 Å². The SMILES string of the molecule is C/C(=C\c1csc(C)n1)[C@@H]1C/C=C\CCCC(C)(C)[C@@H](O)[C@H](C)C(=O)C(C)(C)[C@@H](O)CC(=O)O1. The minimum absolute atomic E-state index is 0.258. The van der Waals surface area contributed by atoms with Crippen molar-refractivity contribution in [1.82, 2.24) is 4.98 Å². The molecule has 0 radical (unpaired) electrons. The van der Waals surface area contributed by atoms with E-state index in [4.69, 9.17) is 4.74 Å². The van der Waals surface area contributed by atoms with Crippen molar-refractivity contribution in [3.63, 3.8) is 0 Å². The summed E-state index contributed by atoms with van der Waals surface area (Å²) in [7, 11) is 0. The predicted octanol–water partition coefficient (Wildman–Crippen LogP) is 5.27. The van der Waals surface area contributed by atoms with Crippen LogP contribution in [0.25, 0.3) is 6.08 Å². The van der Waals surface area contributed by atoms with Crippen molar-refractivity contribution in [3.05, 3.63) is 33.8 Å². The van der Waals surface area contributed by atoms with Crippen molar-refractivity contribution < 1.29 is 24.5 Å². The lowest BCUT2D eigenvalue weighted by atomic mass is 9.69. The topological polar surface area (TPSA) is 96.7 Å². The Morgan fingerprint density at radius 3 is 2.50 bits per heavy atom. The van der Waals surface area contributed by atoms with Crippen LogP contribution in [0, 0.1) is 23.7 Å². The van der Waals surface area contributed by atoms with Crippen LogP contribution in [0.2, 0.25) is 0 Å². The van der Waals surface area contributed by atoms with Crippen molar-refractivity contribution in [2.75, 3.05) is 0 Å². The molecule has 0 saturated heterocycles. The molecule has 2 rings (SSSR count). The fourth-order valence-corrected chi connectivity index (χ4v) is 5.02. The highest BCUT2D eigenvalue weighted by molar-refractivity contribution is 7.09. The van der Waals surface area contributed by atoms with Gasteiger partial charge in [-0.25, -0.2) is 4.98 Å². The van der Waals surface area contributed by atoms with E-state index in [0.29, 0.717) is 6.42 Å². The standard InChI is InChI=1S/C27H41NO5S/c1-17(14-20-16-34-19(3)28-20)21-12-10-8-9-11-13-26(4,5)24(31)18(2)25(32)27(6,7)22(29)15-23(30)33-21/h8,10,14,16,18,21-22,24,29,31H,9,11-13,15H2,1-7H3/b10-8-,17-14+/t18-,21-,22-,24-/m0/s1. The van der Waals surface area contributed by atoms with Gasteiger partial charge in [0.15, 0.2) is 0 Å². The number of thiazole rings is 1. The lowest BCUT2D eigenvalue weighted by molar-refractivity contribution is -0.154. The van der Waals surface area contributed by atoms with Gasteiger partial charge in [-0.15, -0.1) is 11.3 Å². The number of aryl methyl sites for hydroxylation is 1. The number of hydrogen-bond acceptors (Lipinski definition) is 7. The lowest BCUT2D eigenvalue weighted by Gasteiger charge is -2.38. The first-order valence-corrected chi connectivity index (χ1v) is 13.0. The first-order chi connectivity index (χ1) is 15.8. The molecule has 0 spiro atoms. The number of esters is 1. The number of nitrogens with zero attached hydrogens (tertiary/aromatic N) is 1. The molecule has 6 nitrogen and oxygen atoms in total. The Morgan fingerprint density at radius 1 is 1.21 bits per heavy atom. The first kappa shape index (κ1) is 28.4. The summed E-state index contributed by atoms with van der Waals surface area (Å²) in [6.07, 6.45) is 6.13. The zero-order valence-electron chi connectivity index (χ0n) is 21.6. The number of allylic oxidation sites excluding steroid dienone is 1. The molecule has 1 aromatic rings. The Kier molecular flexibility index (Phi) is 9.80. The minimum Gasteiger partial charge on any atom is -0.457 e. The number of cyclic esters (lactones) is 1. The summed E-state index contributed by atoms with van der Waals surface area (Å²) in [5, 5.41) is 24.7. The van der Waals surface area contributed by atoms with E-state index in [2.05, 4.69) is 11.1 Å². The van der Waals surface area contributed by atoms with Gasteiger partial charge >= 0.3 is 5.97 Å². The summed E-state index contributed by atoms with van der Waals surface area (Å²) in [5.41, 5.74) is 0.0409. The highest BCUT2D eigenvalue weighted by Crippen LogP contribution is 2.37. The summed E-state index contributed by atoms with van der Waals surface area (Å²) in [6.45, 7) is 12.8. The second kappa shape index (κ2) is 11.7. The zero-order valence-corrected chi connectivity index (χ0v) is 22.4. The highest BCUT2D eigenvalue weighted by atomic mass is 32.1. The largest absolute Gasteiger partial charge is 0.457 e. The predicted molar refractivity (Wildman–Crippen MR) is 136 cm³/mol. The molecular weight excluding hydrogens is 450 g/mol. The summed E-state index contributed by atoms with van der Waals surface area (Å²) in [4.78, 5) is 30.5. The average molecular weight is 492 g/mol. The number of carbonyl (C=O) groups is 2. The third kappa shape index (κ3) is 7.33. The van der Waals surface area contributed by atoms with E-state index in [0.717, 1.165) is 35.5 Å². The lowest BCUT2D eigenvalue weighted by Crippen LogP contribution is -2.47. The summed E-state index contributed by atoms with van der Waals surface area (Å²) < 4.78 is 5.77. The molecule has 0 fully saturated rings. The number of ketones is 1. The van der Waals surface area contributed by atoms with Crippen molar-refractivity contribution in [3.8, 4) is 0 Å². The van der Waals surface area contributed by atoms with Crippen LogP contribution in [-0.4, -0.2) is 45.3 Å². The first-order valence-electron chi connectivity index (χ1n) is 12.1. The molecule has 2 heterocycles. The van der Waals surface area contributed by atoms with Crippen molar-refractivity contribution in [2.24, 2.45) is 16.7 Å². The van der Waals surface area contributed by atoms with Crippen LogP contribution >= 0.6 is 11.3 Å². The maximum atomic E-state index is 13.3. The van der Waals surface area contributed by atoms with E-state index >= 15 is 0 Å². The van der Waals surface area contributed by atoms with Crippen molar-refractivity contribution in [2.45, 2.75) is 98.9 Å². The monoisotopic (exact) mass is 491 g/mol. The molecule has 0 unspecified atom stereocenters. The van der Waals surface area contributed by atoms with Crippen molar-refractivity contribution in [1.29, 1.82) is 0 Å². The molecule has 0 bridgehead atoms. The average Bonchev–Trinajstić information content (AvgIpc) is 3.17. The fourth-order valence-electron chi connectivity index (χ4n) is 4.45. The van der Waals surface area contributed by atoms with Crippen LogP contribution in [0.5, 0.6) is 0 Å². The molecule has 1 aliphatic rings. The maximum absolute atomic E-state index is 13.3. The minimum atomic E-state index is -1.22. The van der Waals surface area contributed by atoms with E-state index in [1.54, 1.807) is 32.1 Å². The molecule has 1 aliphatic heterocycles. The van der Waals surface area contributed by atoms with E-state index < -0.39 is 41.0 Å². The Labute approximate surface area is 208 Å². The normalized spacial score (nSPS) is 30.6. The zero-order chi connectivity index (χ0) is 25.7. The number of Topliss-reactive ketones (excluding diaryl/α,β-unsaturated/α-hetero) is 1. The van der Waals surface area contributed by atoms with Crippen LogP contribution < -0.4 is 0 Å². The van der Waals surface area contributed by atoms with Crippen LogP contribution in [0.1, 0.15) is 84.3 Å². The molecular formula is C27H41NO5S. The second-order valence-corrected chi connectivity index (χ2v) is 11.8. The van der Waals surface area contributed by atoms with Gasteiger partial charge < -0.3 is 14.9 Å². The van der Waals surface area contributed by atoms with E-state index in [9.17, 15) is 19.8 Å². The molecule has 2 N–H and O–H groups in total. The number of rotatable bonds is 2. The summed E-state index contributed by atoms with van der Waals surface area (Å²) in [6, 6.07) is 0. The van der Waals surface area contributed by atoms with Gasteiger partial charge in [-0.2, -0.15) is 0 Å². The number of aliphatic hydroxyl groups is 2. The smallest absolute Gasteiger partial charge is 0.309 e. The molecule has 0 saturated carbocycles. The van der Waals surface area contributed by atoms with Crippen LogP contribution in [0.3, 0.4) is 0 Å². The van der Waals surface area contributed by atoms with Gasteiger partial charge in [0.25, 0.3) is 0 Å². The number of aromatic nitrogens is 1. The Balaban J connectivity index is 2.31.